The van der Waals surface area contributed by atoms with E-state index in [0.717, 1.165) is 0 Å². The lowest BCUT2D eigenvalue weighted by Gasteiger charge is -2.01. The standard InChI is InChI=1S/C4H12Si/c1-5(2,3)4/h1-4H3/i1D3,2D3,3D3,4D3. The SMILES string of the molecule is [2H]C([2H])([2H])[Si](C([2H])([2H])[2H])(C([2H])([2H])[2H])C([2H])([2H])[2H]. The highest BCUT2D eigenvalue weighted by Crippen LogP contribution is 1.94. The van der Waals surface area contributed by atoms with Crippen LogP contribution in [0.15, 0.2) is 0 Å². The van der Waals surface area contributed by atoms with Crippen LogP contribution in [-0.4, -0.2) is 8.07 Å². The molecule has 5 heavy (non-hydrogen) atoms. The second-order valence-corrected chi connectivity index (χ2v) is 2.25. The molecule has 0 aliphatic heterocycles. The van der Waals surface area contributed by atoms with E-state index < -0.39 is 34.0 Å². The van der Waals surface area contributed by atoms with Crippen LogP contribution < -0.4 is 0 Å². The molecule has 0 bridgehead atoms. The van der Waals surface area contributed by atoms with Crippen LogP contribution in [0.4, 0.5) is 0 Å². The Morgan fingerprint density at radius 3 is 1.60 bits per heavy atom. The van der Waals surface area contributed by atoms with E-state index in [9.17, 15) is 0 Å². The molecular formula is C4H12Si. The fourth-order valence-electron chi connectivity index (χ4n) is 0. The molecular weight excluding hydrogens is 76.1 g/mol. The van der Waals surface area contributed by atoms with Crippen LogP contribution in [-0.2, 0) is 0 Å². The van der Waals surface area contributed by atoms with Gasteiger partial charge in [-0.25, -0.2) is 0 Å². The van der Waals surface area contributed by atoms with Crippen LogP contribution in [0.3, 0.4) is 0 Å². The Balaban J connectivity index is 6.37. The summed E-state index contributed by atoms with van der Waals surface area (Å²) < 4.78 is 85.4. The highest BCUT2D eigenvalue weighted by Gasteiger charge is 1.99. The summed E-state index contributed by atoms with van der Waals surface area (Å²) in [4.78, 5) is 0. The summed E-state index contributed by atoms with van der Waals surface area (Å²) in [5.41, 5.74) is 0. The first-order chi connectivity index (χ1) is 7.00. The molecule has 0 unspecified atom stereocenters. The Morgan fingerprint density at radius 1 is 1.20 bits per heavy atom. The second kappa shape index (κ2) is 1.13. The molecule has 0 N–H and O–H groups in total. The molecule has 0 aromatic carbocycles. The molecule has 0 aromatic heterocycles. The number of hydrogen-bond acceptors (Lipinski definition) is 0. The first kappa shape index (κ1) is 0.353. The molecule has 0 spiro atoms. The Hall–Kier alpha value is 0.217. The number of hydrogen-bond donors (Lipinski definition) is 0. The van der Waals surface area contributed by atoms with Crippen LogP contribution in [0.5, 0.6) is 0 Å². The van der Waals surface area contributed by atoms with E-state index in [1.54, 1.807) is 0 Å². The molecule has 0 aromatic rings. The van der Waals surface area contributed by atoms with E-state index in [1.165, 1.54) is 0 Å². The van der Waals surface area contributed by atoms with Crippen molar-refractivity contribution in [3.8, 4) is 0 Å². The van der Waals surface area contributed by atoms with Crippen LogP contribution in [0.25, 0.3) is 0 Å². The van der Waals surface area contributed by atoms with Gasteiger partial charge in [-0.15, -0.1) is 0 Å². The summed E-state index contributed by atoms with van der Waals surface area (Å²) in [6.45, 7) is -14.1. The Labute approximate surface area is 52.1 Å². The van der Waals surface area contributed by atoms with Gasteiger partial charge in [0.05, 0.1) is 0 Å². The van der Waals surface area contributed by atoms with Crippen LogP contribution in [0.1, 0.15) is 16.4 Å². The lowest BCUT2D eigenvalue weighted by atomic mass is 11.8. The first-order valence-corrected chi connectivity index (χ1v) is 3.00. The zero-order chi connectivity index (χ0) is 14.5. The van der Waals surface area contributed by atoms with Gasteiger partial charge in [0.1, 0.15) is 0 Å². The highest BCUT2D eigenvalue weighted by atomic mass is 28.3. The van der Waals surface area contributed by atoms with Crippen molar-refractivity contribution in [2.45, 2.75) is 25.9 Å². The topological polar surface area (TPSA) is 0 Å². The van der Waals surface area contributed by atoms with Crippen molar-refractivity contribution in [3.05, 3.63) is 0 Å². The third-order valence-electron chi connectivity index (χ3n) is 0. The van der Waals surface area contributed by atoms with Crippen molar-refractivity contribution in [2.75, 3.05) is 0 Å². The minimum Gasteiger partial charge on any atom is -0.0697 e. The van der Waals surface area contributed by atoms with Gasteiger partial charge in [-0.1, -0.05) is 25.9 Å². The highest BCUT2D eigenvalue weighted by molar-refractivity contribution is 6.74. The normalized spacial score (nSPS) is 57.6. The third-order valence-corrected chi connectivity index (χ3v) is 0. The summed E-state index contributed by atoms with van der Waals surface area (Å²) in [5, 5.41) is 0. The van der Waals surface area contributed by atoms with E-state index in [4.69, 9.17) is 16.4 Å². The molecule has 32 valence electrons. The van der Waals surface area contributed by atoms with Crippen LogP contribution >= 0.6 is 0 Å². The molecule has 0 amide bonds. The quantitative estimate of drug-likeness (QED) is 0.408. The summed E-state index contributed by atoms with van der Waals surface area (Å²) in [7, 11) is -5.60. The minimum absolute atomic E-state index is 3.53. The van der Waals surface area contributed by atoms with E-state index >= 15 is 0 Å². The fourth-order valence-corrected chi connectivity index (χ4v) is 0. The summed E-state index contributed by atoms with van der Waals surface area (Å²) in [5.74, 6) is 0. The van der Waals surface area contributed by atoms with Gasteiger partial charge in [0.25, 0.3) is 0 Å². The molecule has 1 heteroatoms. The zero-order valence-corrected chi connectivity index (χ0v) is 3.50. The molecule has 0 rings (SSSR count). The maximum atomic E-state index is 7.12. The Bertz CT molecular complexity index is 211. The second-order valence-electron chi connectivity index (χ2n) is 0.750. The van der Waals surface area contributed by atoms with E-state index in [-0.39, 0.29) is 0 Å². The molecule has 0 aliphatic carbocycles. The monoisotopic (exact) mass is 100 g/mol. The van der Waals surface area contributed by atoms with Crippen molar-refractivity contribution in [1.82, 2.24) is 0 Å². The molecule has 0 saturated heterocycles. The molecule has 0 heterocycles. The average molecular weight is 100 g/mol. The molecule has 0 aliphatic rings. The molecule has 0 atom stereocenters. The summed E-state index contributed by atoms with van der Waals surface area (Å²) in [6.07, 6.45) is 0. The van der Waals surface area contributed by atoms with Gasteiger partial charge >= 0.3 is 0 Å². The van der Waals surface area contributed by atoms with Crippen LogP contribution in [0.2, 0.25) is 25.9 Å². The third kappa shape index (κ3) is 441. The van der Waals surface area contributed by atoms with E-state index in [0.29, 0.717) is 0 Å². The molecule has 0 saturated carbocycles. The van der Waals surface area contributed by atoms with Gasteiger partial charge in [0.15, 0.2) is 0 Å². The number of rotatable bonds is 0. The summed E-state index contributed by atoms with van der Waals surface area (Å²) >= 11 is 0. The van der Waals surface area contributed by atoms with Gasteiger partial charge < -0.3 is 0 Å². The van der Waals surface area contributed by atoms with Crippen LogP contribution in [0, 0.1) is 0 Å². The smallest absolute Gasteiger partial charge is 0.0411 e. The van der Waals surface area contributed by atoms with Crippen molar-refractivity contribution in [3.63, 3.8) is 0 Å². The van der Waals surface area contributed by atoms with E-state index in [1.807, 2.05) is 0 Å². The van der Waals surface area contributed by atoms with Gasteiger partial charge in [-0.05, 0) is 0 Å². The van der Waals surface area contributed by atoms with E-state index in [2.05, 4.69) is 0 Å². The molecule has 0 fully saturated rings. The lowest BCUT2D eigenvalue weighted by molar-refractivity contribution is 1.71. The van der Waals surface area contributed by atoms with Gasteiger partial charge in [0, 0.05) is 24.5 Å². The maximum Gasteiger partial charge on any atom is 0.0411 e. The Kier molecular flexibility index (Phi) is 0.0797. The van der Waals surface area contributed by atoms with Gasteiger partial charge in [-0.2, -0.15) is 0 Å². The van der Waals surface area contributed by atoms with Crippen molar-refractivity contribution >= 4 is 8.07 Å². The maximum absolute atomic E-state index is 7.12. The predicted molar refractivity (Wildman–Crippen MR) is 29.2 cm³/mol. The zero-order valence-electron chi connectivity index (χ0n) is 14.5. The predicted octanol–water partition coefficient (Wildman–Crippen LogP) is 1.95. The van der Waals surface area contributed by atoms with Crippen molar-refractivity contribution < 1.29 is 16.4 Å². The van der Waals surface area contributed by atoms with Gasteiger partial charge in [0.2, 0.25) is 0 Å². The average Bonchev–Trinajstić information content (AvgIpc) is 1.67. The molecule has 0 radical (unpaired) electrons. The fraction of sp³-hybridized carbons (Fsp3) is 1.00. The first-order valence-electron chi connectivity index (χ1n) is 7.00. The minimum atomic E-state index is -5.60. The largest absolute Gasteiger partial charge is 0.0697 e. The van der Waals surface area contributed by atoms with Crippen molar-refractivity contribution in [1.29, 1.82) is 0 Å². The lowest BCUT2D eigenvalue weighted by Crippen LogP contribution is -2.10. The van der Waals surface area contributed by atoms with Gasteiger partial charge in [-0.3, -0.25) is 0 Å². The summed E-state index contributed by atoms with van der Waals surface area (Å²) in [6, 6.07) is 0. The van der Waals surface area contributed by atoms with Crippen molar-refractivity contribution in [2.24, 2.45) is 0 Å². The Morgan fingerprint density at radius 2 is 1.60 bits per heavy atom. The molecule has 0 nitrogen and oxygen atoms in total.